The van der Waals surface area contributed by atoms with E-state index in [-0.39, 0.29) is 30.3 Å². The average Bonchev–Trinajstić information content (AvgIpc) is 2.82. The molecule has 2 aliphatic rings. The molecule has 20 heavy (non-hydrogen) atoms. The van der Waals surface area contributed by atoms with Gasteiger partial charge in [0.2, 0.25) is 5.91 Å². The molecular weight excluding hydrogens is 260 g/mol. The summed E-state index contributed by atoms with van der Waals surface area (Å²) in [6.07, 6.45) is 2.55. The van der Waals surface area contributed by atoms with Crippen LogP contribution < -0.4 is 5.32 Å². The van der Waals surface area contributed by atoms with Gasteiger partial charge in [-0.3, -0.25) is 4.79 Å². The first-order chi connectivity index (χ1) is 9.53. The molecule has 0 bridgehead atoms. The van der Waals surface area contributed by atoms with Gasteiger partial charge < -0.3 is 24.8 Å². The van der Waals surface area contributed by atoms with Gasteiger partial charge in [-0.25, -0.2) is 0 Å². The molecule has 6 nitrogen and oxygen atoms in total. The van der Waals surface area contributed by atoms with E-state index < -0.39 is 0 Å². The molecule has 2 saturated heterocycles. The number of hydrogen-bond donors (Lipinski definition) is 2. The lowest BCUT2D eigenvalue weighted by atomic mass is 9.88. The Bertz CT molecular complexity index is 327. The monoisotopic (exact) mass is 286 g/mol. The maximum atomic E-state index is 11.2. The number of amides is 1. The number of β-amino-alcohol motifs (C(OH)–C–C–N with tert-alkyl or cyclic N) is 1. The molecule has 2 atom stereocenters. The maximum Gasteiger partial charge on any atom is 0.245 e. The van der Waals surface area contributed by atoms with E-state index >= 15 is 0 Å². The zero-order chi connectivity index (χ0) is 14.6. The Morgan fingerprint density at radius 3 is 2.85 bits per heavy atom. The van der Waals surface area contributed by atoms with E-state index in [1.165, 1.54) is 0 Å². The maximum absolute atomic E-state index is 11.2. The molecule has 0 aromatic rings. The number of likely N-dealkylation sites (tertiary alicyclic amines) is 1. The molecule has 0 radical (unpaired) electrons. The number of nitrogens with zero attached hydrogens (tertiary/aromatic N) is 1. The quantitative estimate of drug-likeness (QED) is 0.729. The van der Waals surface area contributed by atoms with Crippen molar-refractivity contribution in [3.63, 3.8) is 0 Å². The largest absolute Gasteiger partial charge is 0.392 e. The highest BCUT2D eigenvalue weighted by atomic mass is 16.6. The van der Waals surface area contributed by atoms with Crippen LogP contribution in [0, 0.1) is 0 Å². The van der Waals surface area contributed by atoms with Gasteiger partial charge in [-0.2, -0.15) is 0 Å². The number of nitrogens with one attached hydrogen (secondary N) is 1. The standard InChI is InChI=1S/C14H26N2O4/c1-11(17)8-16-5-3-14(4-6-16)7-12(9-20-14)19-10-13(18)15-2/h11-12,17H,3-10H2,1-2H3,(H,15,18). The SMILES string of the molecule is CNC(=O)COC1COC2(CCN(CC(C)O)CC2)C1. The van der Waals surface area contributed by atoms with Crippen molar-refractivity contribution in [1.29, 1.82) is 0 Å². The molecule has 0 aromatic heterocycles. The minimum Gasteiger partial charge on any atom is -0.392 e. The fourth-order valence-corrected chi connectivity index (χ4v) is 3.04. The van der Waals surface area contributed by atoms with Gasteiger partial charge in [-0.1, -0.05) is 0 Å². The van der Waals surface area contributed by atoms with Crippen LogP contribution in [0.5, 0.6) is 0 Å². The van der Waals surface area contributed by atoms with Crippen LogP contribution in [0.25, 0.3) is 0 Å². The van der Waals surface area contributed by atoms with Crippen LogP contribution in [0.2, 0.25) is 0 Å². The Morgan fingerprint density at radius 2 is 2.25 bits per heavy atom. The second-order valence-corrected chi connectivity index (χ2v) is 5.95. The first-order valence-corrected chi connectivity index (χ1v) is 7.39. The van der Waals surface area contributed by atoms with E-state index in [0.717, 1.165) is 38.9 Å². The molecule has 1 spiro atoms. The van der Waals surface area contributed by atoms with Gasteiger partial charge in [0.15, 0.2) is 0 Å². The van der Waals surface area contributed by atoms with Crippen LogP contribution in [0.15, 0.2) is 0 Å². The molecule has 1 amide bonds. The third-order valence-corrected chi connectivity index (χ3v) is 4.19. The van der Waals surface area contributed by atoms with E-state index in [1.54, 1.807) is 7.05 Å². The summed E-state index contributed by atoms with van der Waals surface area (Å²) in [5.41, 5.74) is -0.0808. The van der Waals surface area contributed by atoms with E-state index in [1.807, 2.05) is 6.92 Å². The number of rotatable bonds is 5. The lowest BCUT2D eigenvalue weighted by Gasteiger charge is -2.39. The normalized spacial score (nSPS) is 27.6. The van der Waals surface area contributed by atoms with E-state index in [0.29, 0.717) is 6.61 Å². The second-order valence-electron chi connectivity index (χ2n) is 5.95. The van der Waals surface area contributed by atoms with Gasteiger partial charge in [0.1, 0.15) is 6.61 Å². The lowest BCUT2D eigenvalue weighted by molar-refractivity contribution is -0.127. The van der Waals surface area contributed by atoms with Gasteiger partial charge in [0, 0.05) is 33.1 Å². The number of carbonyl (C=O) groups excluding carboxylic acids is 1. The van der Waals surface area contributed by atoms with Crippen LogP contribution >= 0.6 is 0 Å². The Labute approximate surface area is 120 Å². The van der Waals surface area contributed by atoms with Crippen molar-refractivity contribution in [2.75, 3.05) is 39.9 Å². The molecule has 2 rings (SSSR count). The highest BCUT2D eigenvalue weighted by Crippen LogP contribution is 2.36. The number of aliphatic hydroxyl groups is 1. The van der Waals surface area contributed by atoms with Gasteiger partial charge in [-0.15, -0.1) is 0 Å². The summed E-state index contributed by atoms with van der Waals surface area (Å²) >= 11 is 0. The summed E-state index contributed by atoms with van der Waals surface area (Å²) in [5, 5.41) is 12.0. The molecule has 0 aliphatic carbocycles. The van der Waals surface area contributed by atoms with Crippen molar-refractivity contribution < 1.29 is 19.4 Å². The Balaban J connectivity index is 1.74. The van der Waals surface area contributed by atoms with Crippen molar-refractivity contribution >= 4 is 5.91 Å². The highest BCUT2D eigenvalue weighted by molar-refractivity contribution is 5.76. The third kappa shape index (κ3) is 4.15. The molecule has 2 aliphatic heterocycles. The van der Waals surface area contributed by atoms with Crippen LogP contribution in [-0.4, -0.2) is 73.6 Å². The van der Waals surface area contributed by atoms with E-state index in [4.69, 9.17) is 9.47 Å². The zero-order valence-corrected chi connectivity index (χ0v) is 12.4. The molecule has 116 valence electrons. The van der Waals surface area contributed by atoms with Crippen molar-refractivity contribution in [1.82, 2.24) is 10.2 Å². The molecule has 2 N–H and O–H groups in total. The molecule has 0 saturated carbocycles. The van der Waals surface area contributed by atoms with Gasteiger partial charge in [0.05, 0.1) is 24.4 Å². The fraction of sp³-hybridized carbons (Fsp3) is 0.929. The smallest absolute Gasteiger partial charge is 0.245 e. The molecule has 0 aromatic carbocycles. The number of piperidine rings is 1. The van der Waals surface area contributed by atoms with Gasteiger partial charge in [0.25, 0.3) is 0 Å². The number of likely N-dealkylation sites (N-methyl/N-ethyl adjacent to an activating group) is 1. The summed E-state index contributed by atoms with van der Waals surface area (Å²) in [6.45, 7) is 5.13. The Kier molecular flexibility index (Phi) is 5.37. The first-order valence-electron chi connectivity index (χ1n) is 7.39. The highest BCUT2D eigenvalue weighted by Gasteiger charge is 2.43. The molecular formula is C14H26N2O4. The van der Waals surface area contributed by atoms with E-state index in [9.17, 15) is 9.90 Å². The van der Waals surface area contributed by atoms with Gasteiger partial charge in [-0.05, 0) is 19.8 Å². The summed E-state index contributed by atoms with van der Waals surface area (Å²) in [5.74, 6) is -0.0993. The van der Waals surface area contributed by atoms with Crippen molar-refractivity contribution in [2.45, 2.75) is 44.0 Å². The Hall–Kier alpha value is -0.690. The van der Waals surface area contributed by atoms with Gasteiger partial charge >= 0.3 is 0 Å². The summed E-state index contributed by atoms with van der Waals surface area (Å²) in [4.78, 5) is 13.5. The van der Waals surface area contributed by atoms with Crippen molar-refractivity contribution in [3.8, 4) is 0 Å². The summed E-state index contributed by atoms with van der Waals surface area (Å²) < 4.78 is 11.6. The van der Waals surface area contributed by atoms with Crippen LogP contribution in [0.4, 0.5) is 0 Å². The number of ether oxygens (including phenoxy) is 2. The van der Waals surface area contributed by atoms with Crippen LogP contribution in [0.3, 0.4) is 0 Å². The molecule has 2 unspecified atom stereocenters. The van der Waals surface area contributed by atoms with Crippen LogP contribution in [-0.2, 0) is 14.3 Å². The number of hydrogen-bond acceptors (Lipinski definition) is 5. The van der Waals surface area contributed by atoms with Crippen molar-refractivity contribution in [3.05, 3.63) is 0 Å². The second kappa shape index (κ2) is 6.85. The van der Waals surface area contributed by atoms with Crippen LogP contribution in [0.1, 0.15) is 26.2 Å². The predicted octanol–water partition coefficient (Wildman–Crippen LogP) is -0.247. The molecule has 6 heteroatoms. The third-order valence-electron chi connectivity index (χ3n) is 4.19. The fourth-order valence-electron chi connectivity index (χ4n) is 3.04. The minimum atomic E-state index is -0.280. The first kappa shape index (κ1) is 15.7. The average molecular weight is 286 g/mol. The van der Waals surface area contributed by atoms with E-state index in [2.05, 4.69) is 10.2 Å². The summed E-state index contributed by atoms with van der Waals surface area (Å²) in [6, 6.07) is 0. The molecule has 2 heterocycles. The topological polar surface area (TPSA) is 71.0 Å². The number of aliphatic hydroxyl groups excluding tert-OH is 1. The Morgan fingerprint density at radius 1 is 1.55 bits per heavy atom. The summed E-state index contributed by atoms with van der Waals surface area (Å²) in [7, 11) is 1.61. The zero-order valence-electron chi connectivity index (χ0n) is 12.4. The lowest BCUT2D eigenvalue weighted by Crippen LogP contribution is -2.46. The van der Waals surface area contributed by atoms with Crippen molar-refractivity contribution in [2.24, 2.45) is 0 Å². The molecule has 2 fully saturated rings. The number of carbonyl (C=O) groups is 1. The minimum absolute atomic E-state index is 0.0237. The predicted molar refractivity (Wildman–Crippen MR) is 74.5 cm³/mol.